The number of hydrogen-bond acceptors (Lipinski definition) is 3. The van der Waals surface area contributed by atoms with Crippen LogP contribution in [0.25, 0.3) is 10.9 Å². The van der Waals surface area contributed by atoms with Crippen molar-refractivity contribution in [1.29, 1.82) is 0 Å². The molecule has 100 valence electrons. The van der Waals surface area contributed by atoms with Crippen molar-refractivity contribution in [2.75, 3.05) is 19.0 Å². The minimum absolute atomic E-state index is 0.0400. The Labute approximate surface area is 114 Å². The first kappa shape index (κ1) is 12.4. The molecule has 0 unspecified atom stereocenters. The third kappa shape index (κ3) is 2.30. The number of para-hydroxylation sites is 1. The first-order valence-electron chi connectivity index (χ1n) is 6.88. The molecule has 0 bridgehead atoms. The predicted molar refractivity (Wildman–Crippen MR) is 78.6 cm³/mol. The summed E-state index contributed by atoms with van der Waals surface area (Å²) in [6.45, 7) is 2.91. The standard InChI is InChI=1S/C16H20N2O/c1-12-10-15(13-6-3-4-7-14(13)18-12)17-11-16(19-2)8-5-9-16/h3-4,6-7,10H,5,8-9,11H2,1-2H3,(H,17,18). The Bertz CT molecular complexity index is 585. The van der Waals surface area contributed by atoms with Crippen LogP contribution in [0.4, 0.5) is 5.69 Å². The topological polar surface area (TPSA) is 34.1 Å². The molecule has 3 nitrogen and oxygen atoms in total. The van der Waals surface area contributed by atoms with Gasteiger partial charge in [-0.3, -0.25) is 4.98 Å². The molecule has 0 spiro atoms. The van der Waals surface area contributed by atoms with Gasteiger partial charge in [-0.2, -0.15) is 0 Å². The third-order valence-corrected chi connectivity index (χ3v) is 4.14. The number of nitrogens with zero attached hydrogens (tertiary/aromatic N) is 1. The van der Waals surface area contributed by atoms with Gasteiger partial charge in [0.15, 0.2) is 0 Å². The fourth-order valence-electron chi connectivity index (χ4n) is 2.73. The number of benzene rings is 1. The van der Waals surface area contributed by atoms with E-state index in [0.29, 0.717) is 0 Å². The molecule has 0 saturated heterocycles. The predicted octanol–water partition coefficient (Wildman–Crippen LogP) is 3.52. The molecule has 0 radical (unpaired) electrons. The SMILES string of the molecule is COC1(CNc2cc(C)nc3ccccc23)CCC1. The lowest BCUT2D eigenvalue weighted by Crippen LogP contribution is -2.45. The molecule has 1 heterocycles. The van der Waals surface area contributed by atoms with Crippen molar-refractivity contribution in [1.82, 2.24) is 4.98 Å². The molecule has 1 aliphatic carbocycles. The molecule has 3 heteroatoms. The van der Waals surface area contributed by atoms with Crippen molar-refractivity contribution in [2.45, 2.75) is 31.8 Å². The highest BCUT2D eigenvalue weighted by Gasteiger charge is 2.36. The molecule has 3 rings (SSSR count). The molecule has 1 saturated carbocycles. The van der Waals surface area contributed by atoms with Crippen molar-refractivity contribution in [3.63, 3.8) is 0 Å². The Balaban J connectivity index is 1.88. The smallest absolute Gasteiger partial charge is 0.0850 e. The van der Waals surface area contributed by atoms with Gasteiger partial charge in [0.2, 0.25) is 0 Å². The van der Waals surface area contributed by atoms with Gasteiger partial charge in [0.05, 0.1) is 11.1 Å². The summed E-state index contributed by atoms with van der Waals surface area (Å²) in [5, 5.41) is 4.74. The van der Waals surface area contributed by atoms with Gasteiger partial charge in [0, 0.05) is 30.4 Å². The fourth-order valence-corrected chi connectivity index (χ4v) is 2.73. The average Bonchev–Trinajstić information content (AvgIpc) is 2.37. The number of rotatable bonds is 4. The highest BCUT2D eigenvalue weighted by atomic mass is 16.5. The summed E-state index contributed by atoms with van der Waals surface area (Å²) < 4.78 is 5.66. The third-order valence-electron chi connectivity index (χ3n) is 4.14. The second-order valence-electron chi connectivity index (χ2n) is 5.42. The number of ether oxygens (including phenoxy) is 1. The van der Waals surface area contributed by atoms with E-state index in [-0.39, 0.29) is 5.60 Å². The van der Waals surface area contributed by atoms with Gasteiger partial charge in [-0.25, -0.2) is 0 Å². The van der Waals surface area contributed by atoms with E-state index < -0.39 is 0 Å². The molecule has 1 N–H and O–H groups in total. The van der Waals surface area contributed by atoms with Crippen LogP contribution in [0, 0.1) is 6.92 Å². The second kappa shape index (κ2) is 4.82. The monoisotopic (exact) mass is 256 g/mol. The minimum Gasteiger partial charge on any atom is -0.382 e. The van der Waals surface area contributed by atoms with Crippen LogP contribution in [0.2, 0.25) is 0 Å². The largest absolute Gasteiger partial charge is 0.382 e. The lowest BCUT2D eigenvalue weighted by Gasteiger charge is -2.40. The Hall–Kier alpha value is -1.61. The van der Waals surface area contributed by atoms with Crippen LogP contribution in [0.15, 0.2) is 30.3 Å². The minimum atomic E-state index is 0.0400. The number of hydrogen-bond donors (Lipinski definition) is 1. The summed E-state index contributed by atoms with van der Waals surface area (Å²) in [5.74, 6) is 0. The van der Waals surface area contributed by atoms with Gasteiger partial charge < -0.3 is 10.1 Å². The van der Waals surface area contributed by atoms with E-state index in [0.717, 1.165) is 36.3 Å². The van der Waals surface area contributed by atoms with Crippen molar-refractivity contribution in [3.05, 3.63) is 36.0 Å². The molecule has 1 aromatic heterocycles. The zero-order valence-corrected chi connectivity index (χ0v) is 11.6. The maximum absolute atomic E-state index is 5.66. The van der Waals surface area contributed by atoms with Crippen LogP contribution in [0.5, 0.6) is 0 Å². The summed E-state index contributed by atoms with van der Waals surface area (Å²) in [6, 6.07) is 10.4. The van der Waals surface area contributed by atoms with Gasteiger partial charge in [-0.1, -0.05) is 18.2 Å². The van der Waals surface area contributed by atoms with Crippen LogP contribution >= 0.6 is 0 Å². The zero-order chi connectivity index (χ0) is 13.3. The lowest BCUT2D eigenvalue weighted by molar-refractivity contribution is -0.0601. The molecule has 0 aliphatic heterocycles. The molecule has 0 atom stereocenters. The lowest BCUT2D eigenvalue weighted by atomic mass is 9.80. The van der Waals surface area contributed by atoms with Crippen molar-refractivity contribution in [2.24, 2.45) is 0 Å². The summed E-state index contributed by atoms with van der Waals surface area (Å²) in [4.78, 5) is 4.56. The van der Waals surface area contributed by atoms with Crippen LogP contribution in [0.1, 0.15) is 25.0 Å². The number of methoxy groups -OCH3 is 1. The Morgan fingerprint density at radius 3 is 2.79 bits per heavy atom. The van der Waals surface area contributed by atoms with E-state index in [2.05, 4.69) is 34.6 Å². The van der Waals surface area contributed by atoms with E-state index in [1.54, 1.807) is 0 Å². The Morgan fingerprint density at radius 1 is 1.32 bits per heavy atom. The molecular formula is C16H20N2O. The van der Waals surface area contributed by atoms with Gasteiger partial charge in [-0.05, 0) is 38.3 Å². The number of aromatic nitrogens is 1. The van der Waals surface area contributed by atoms with Crippen LogP contribution in [-0.2, 0) is 4.74 Å². The fraction of sp³-hybridized carbons (Fsp3) is 0.438. The Kier molecular flexibility index (Phi) is 3.15. The highest BCUT2D eigenvalue weighted by Crippen LogP contribution is 2.35. The maximum atomic E-state index is 5.66. The maximum Gasteiger partial charge on any atom is 0.0850 e. The first-order valence-corrected chi connectivity index (χ1v) is 6.88. The van der Waals surface area contributed by atoms with Crippen LogP contribution < -0.4 is 5.32 Å². The van der Waals surface area contributed by atoms with Gasteiger partial charge >= 0.3 is 0 Å². The quantitative estimate of drug-likeness (QED) is 0.908. The van der Waals surface area contributed by atoms with E-state index in [1.165, 1.54) is 11.8 Å². The number of fused-ring (bicyclic) bond motifs is 1. The van der Waals surface area contributed by atoms with Crippen molar-refractivity contribution < 1.29 is 4.74 Å². The molecule has 1 fully saturated rings. The summed E-state index contributed by atoms with van der Waals surface area (Å²) in [7, 11) is 1.82. The molecule has 1 aliphatic rings. The summed E-state index contributed by atoms with van der Waals surface area (Å²) in [5.41, 5.74) is 3.29. The highest BCUT2D eigenvalue weighted by molar-refractivity contribution is 5.91. The molecule has 19 heavy (non-hydrogen) atoms. The number of pyridine rings is 1. The molecular weight excluding hydrogens is 236 g/mol. The number of aryl methyl sites for hydroxylation is 1. The first-order chi connectivity index (χ1) is 9.22. The normalized spacial score (nSPS) is 17.2. The number of anilines is 1. The van der Waals surface area contributed by atoms with Gasteiger partial charge in [0.1, 0.15) is 0 Å². The molecule has 0 amide bonds. The van der Waals surface area contributed by atoms with Gasteiger partial charge in [-0.15, -0.1) is 0 Å². The van der Waals surface area contributed by atoms with E-state index in [4.69, 9.17) is 4.74 Å². The summed E-state index contributed by atoms with van der Waals surface area (Å²) >= 11 is 0. The average molecular weight is 256 g/mol. The van der Waals surface area contributed by atoms with Crippen molar-refractivity contribution in [3.8, 4) is 0 Å². The zero-order valence-electron chi connectivity index (χ0n) is 11.6. The number of nitrogens with one attached hydrogen (secondary N) is 1. The van der Waals surface area contributed by atoms with Gasteiger partial charge in [0.25, 0.3) is 0 Å². The molecule has 1 aromatic carbocycles. The van der Waals surface area contributed by atoms with Crippen molar-refractivity contribution >= 4 is 16.6 Å². The second-order valence-corrected chi connectivity index (χ2v) is 5.42. The van der Waals surface area contributed by atoms with Crippen LogP contribution in [0.3, 0.4) is 0 Å². The Morgan fingerprint density at radius 2 is 2.11 bits per heavy atom. The van der Waals surface area contributed by atoms with E-state index in [9.17, 15) is 0 Å². The van der Waals surface area contributed by atoms with E-state index in [1.807, 2.05) is 20.1 Å². The summed E-state index contributed by atoms with van der Waals surface area (Å²) in [6.07, 6.45) is 3.57. The van der Waals surface area contributed by atoms with Crippen LogP contribution in [-0.4, -0.2) is 24.2 Å². The van der Waals surface area contributed by atoms with E-state index >= 15 is 0 Å². The molecule has 2 aromatic rings.